The second kappa shape index (κ2) is 7.09. The van der Waals surface area contributed by atoms with Gasteiger partial charge in [-0.1, -0.05) is 0 Å². The number of urea groups is 1. The van der Waals surface area contributed by atoms with Crippen LogP contribution in [0, 0.1) is 5.92 Å². The van der Waals surface area contributed by atoms with Crippen LogP contribution in [0.4, 0.5) is 4.79 Å². The Labute approximate surface area is 125 Å². The average Bonchev–Trinajstić information content (AvgIpc) is 2.53. The maximum atomic E-state index is 12.6. The Bertz CT molecular complexity index is 380. The molecule has 1 N–H and O–H groups in total. The number of ether oxygens (including phenoxy) is 1. The lowest BCUT2D eigenvalue weighted by Crippen LogP contribution is -2.54. The van der Waals surface area contributed by atoms with E-state index < -0.39 is 0 Å². The van der Waals surface area contributed by atoms with Crippen molar-refractivity contribution in [3.8, 4) is 0 Å². The highest BCUT2D eigenvalue weighted by Crippen LogP contribution is 2.22. The highest BCUT2D eigenvalue weighted by Gasteiger charge is 2.34. The van der Waals surface area contributed by atoms with Crippen LogP contribution < -0.4 is 0 Å². The first-order valence-corrected chi connectivity index (χ1v) is 7.50. The summed E-state index contributed by atoms with van der Waals surface area (Å²) in [7, 11) is 3.47. The SMILES string of the molecule is CN(C)C(=O)N1CCC(C(=O)N2CCOCC2CO)CC1. The van der Waals surface area contributed by atoms with Crippen molar-refractivity contribution in [1.29, 1.82) is 0 Å². The summed E-state index contributed by atoms with van der Waals surface area (Å²) in [5.41, 5.74) is 0. The number of amides is 3. The Balaban J connectivity index is 1.89. The molecule has 0 aromatic heterocycles. The molecule has 21 heavy (non-hydrogen) atoms. The molecular weight excluding hydrogens is 274 g/mol. The number of aliphatic hydroxyl groups excluding tert-OH is 1. The van der Waals surface area contributed by atoms with Gasteiger partial charge in [0.2, 0.25) is 5.91 Å². The van der Waals surface area contributed by atoms with Gasteiger partial charge in [0.05, 0.1) is 25.9 Å². The minimum absolute atomic E-state index is 0.000469. The monoisotopic (exact) mass is 299 g/mol. The zero-order chi connectivity index (χ0) is 15.4. The molecule has 2 rings (SSSR count). The molecule has 0 spiro atoms. The van der Waals surface area contributed by atoms with Crippen LogP contribution in [-0.4, -0.2) is 91.3 Å². The van der Waals surface area contributed by atoms with Gasteiger partial charge in [0.1, 0.15) is 0 Å². The number of hydrogen-bond acceptors (Lipinski definition) is 4. The summed E-state index contributed by atoms with van der Waals surface area (Å²) in [5.74, 6) is 0.0395. The minimum Gasteiger partial charge on any atom is -0.394 e. The van der Waals surface area contributed by atoms with E-state index in [1.165, 1.54) is 0 Å². The fourth-order valence-corrected chi connectivity index (χ4v) is 2.93. The van der Waals surface area contributed by atoms with Crippen LogP contribution in [-0.2, 0) is 9.53 Å². The number of aliphatic hydroxyl groups is 1. The number of nitrogens with zero attached hydrogens (tertiary/aromatic N) is 3. The fourth-order valence-electron chi connectivity index (χ4n) is 2.93. The highest BCUT2D eigenvalue weighted by atomic mass is 16.5. The first-order chi connectivity index (χ1) is 10.0. The van der Waals surface area contributed by atoms with E-state index in [-0.39, 0.29) is 30.5 Å². The van der Waals surface area contributed by atoms with Gasteiger partial charge in [-0.05, 0) is 12.8 Å². The van der Waals surface area contributed by atoms with Gasteiger partial charge < -0.3 is 24.5 Å². The average molecular weight is 299 g/mol. The molecular formula is C14H25N3O4. The van der Waals surface area contributed by atoms with E-state index >= 15 is 0 Å². The molecule has 0 radical (unpaired) electrons. The summed E-state index contributed by atoms with van der Waals surface area (Å²) in [6.45, 7) is 2.63. The Morgan fingerprint density at radius 1 is 1.24 bits per heavy atom. The third-order valence-electron chi connectivity index (χ3n) is 4.22. The number of morpholine rings is 1. The van der Waals surface area contributed by atoms with E-state index in [1.807, 2.05) is 0 Å². The van der Waals surface area contributed by atoms with Gasteiger partial charge in [0.25, 0.3) is 0 Å². The van der Waals surface area contributed by atoms with Crippen LogP contribution in [0.15, 0.2) is 0 Å². The van der Waals surface area contributed by atoms with E-state index in [2.05, 4.69) is 0 Å². The number of carbonyl (C=O) groups excluding carboxylic acids is 2. The molecule has 2 aliphatic heterocycles. The lowest BCUT2D eigenvalue weighted by Gasteiger charge is -2.39. The van der Waals surface area contributed by atoms with Crippen LogP contribution in [0.5, 0.6) is 0 Å². The van der Waals surface area contributed by atoms with Crippen molar-refractivity contribution in [3.63, 3.8) is 0 Å². The Kier molecular flexibility index (Phi) is 5.41. The van der Waals surface area contributed by atoms with Crippen LogP contribution in [0.2, 0.25) is 0 Å². The lowest BCUT2D eigenvalue weighted by atomic mass is 9.94. The maximum Gasteiger partial charge on any atom is 0.319 e. The second-order valence-corrected chi connectivity index (χ2v) is 5.88. The van der Waals surface area contributed by atoms with Crippen LogP contribution in [0.1, 0.15) is 12.8 Å². The van der Waals surface area contributed by atoms with Crippen LogP contribution in [0.3, 0.4) is 0 Å². The number of likely N-dealkylation sites (tertiary alicyclic amines) is 1. The summed E-state index contributed by atoms with van der Waals surface area (Å²) in [6, 6.07) is -0.229. The van der Waals surface area contributed by atoms with Crippen LogP contribution in [0.25, 0.3) is 0 Å². The molecule has 2 heterocycles. The third-order valence-corrected chi connectivity index (χ3v) is 4.22. The van der Waals surface area contributed by atoms with Gasteiger partial charge in [0, 0.05) is 39.6 Å². The third kappa shape index (κ3) is 3.65. The normalized spacial score (nSPS) is 24.0. The number of piperidine rings is 1. The number of rotatable bonds is 2. The summed E-state index contributed by atoms with van der Waals surface area (Å²) < 4.78 is 5.30. The quantitative estimate of drug-likeness (QED) is 0.753. The highest BCUT2D eigenvalue weighted by molar-refractivity contribution is 5.80. The molecule has 1 unspecified atom stereocenters. The van der Waals surface area contributed by atoms with Crippen molar-refractivity contribution in [2.45, 2.75) is 18.9 Å². The van der Waals surface area contributed by atoms with E-state index in [0.29, 0.717) is 45.7 Å². The summed E-state index contributed by atoms with van der Waals surface area (Å²) >= 11 is 0. The maximum absolute atomic E-state index is 12.6. The van der Waals surface area contributed by atoms with Crippen molar-refractivity contribution in [2.24, 2.45) is 5.92 Å². The minimum atomic E-state index is -0.229. The van der Waals surface area contributed by atoms with E-state index in [9.17, 15) is 14.7 Å². The molecule has 7 nitrogen and oxygen atoms in total. The molecule has 2 saturated heterocycles. The molecule has 2 aliphatic rings. The van der Waals surface area contributed by atoms with Gasteiger partial charge in [-0.3, -0.25) is 4.79 Å². The van der Waals surface area contributed by atoms with Crippen molar-refractivity contribution in [1.82, 2.24) is 14.7 Å². The molecule has 0 aromatic rings. The molecule has 7 heteroatoms. The fraction of sp³-hybridized carbons (Fsp3) is 0.857. The van der Waals surface area contributed by atoms with Crippen molar-refractivity contribution in [3.05, 3.63) is 0 Å². The molecule has 120 valence electrons. The number of hydrogen-bond donors (Lipinski definition) is 1. The van der Waals surface area contributed by atoms with Gasteiger partial charge in [-0.2, -0.15) is 0 Å². The predicted molar refractivity (Wildman–Crippen MR) is 76.8 cm³/mol. The smallest absolute Gasteiger partial charge is 0.319 e. The topological polar surface area (TPSA) is 73.3 Å². The second-order valence-electron chi connectivity index (χ2n) is 5.88. The molecule has 0 aromatic carbocycles. The van der Waals surface area contributed by atoms with Gasteiger partial charge in [0.15, 0.2) is 0 Å². The largest absolute Gasteiger partial charge is 0.394 e. The lowest BCUT2D eigenvalue weighted by molar-refractivity contribution is -0.147. The molecule has 0 saturated carbocycles. The van der Waals surface area contributed by atoms with E-state index in [0.717, 1.165) is 0 Å². The van der Waals surface area contributed by atoms with Gasteiger partial charge in [-0.25, -0.2) is 4.79 Å². The molecule has 0 bridgehead atoms. The van der Waals surface area contributed by atoms with E-state index in [4.69, 9.17) is 4.74 Å². The van der Waals surface area contributed by atoms with Crippen LogP contribution >= 0.6 is 0 Å². The summed E-state index contributed by atoms with van der Waals surface area (Å²) in [4.78, 5) is 29.6. The Hall–Kier alpha value is -1.34. The Morgan fingerprint density at radius 2 is 1.90 bits per heavy atom. The molecule has 3 amide bonds. The zero-order valence-corrected chi connectivity index (χ0v) is 12.8. The molecule has 1 atom stereocenters. The van der Waals surface area contributed by atoms with Crippen molar-refractivity contribution >= 4 is 11.9 Å². The number of carbonyl (C=O) groups is 2. The summed E-state index contributed by atoms with van der Waals surface area (Å²) in [5, 5.41) is 9.35. The first kappa shape index (κ1) is 16.0. The molecule has 0 aliphatic carbocycles. The van der Waals surface area contributed by atoms with E-state index in [1.54, 1.807) is 28.8 Å². The standard InChI is InChI=1S/C14H25N3O4/c1-15(2)14(20)16-5-3-11(4-6-16)13(19)17-7-8-21-10-12(17)9-18/h11-12,18H,3-10H2,1-2H3. The van der Waals surface area contributed by atoms with Gasteiger partial charge in [-0.15, -0.1) is 0 Å². The Morgan fingerprint density at radius 3 is 2.48 bits per heavy atom. The zero-order valence-electron chi connectivity index (χ0n) is 12.8. The predicted octanol–water partition coefficient (Wildman–Crippen LogP) is -0.400. The van der Waals surface area contributed by atoms with Crippen molar-refractivity contribution in [2.75, 3.05) is 53.6 Å². The summed E-state index contributed by atoms with van der Waals surface area (Å²) in [6.07, 6.45) is 1.38. The molecule has 2 fully saturated rings. The van der Waals surface area contributed by atoms with Gasteiger partial charge >= 0.3 is 6.03 Å². The first-order valence-electron chi connectivity index (χ1n) is 7.50. The van der Waals surface area contributed by atoms with Crippen molar-refractivity contribution < 1.29 is 19.4 Å².